The normalized spacial score (nSPS) is 11.8. The van der Waals surface area contributed by atoms with Crippen LogP contribution >= 0.6 is 11.8 Å². The topological polar surface area (TPSA) is 85.7 Å². The Morgan fingerprint density at radius 2 is 1.84 bits per heavy atom. The minimum atomic E-state index is -0.323. The second kappa shape index (κ2) is 9.18. The molecule has 1 aliphatic heterocycles. The van der Waals surface area contributed by atoms with Crippen molar-refractivity contribution in [3.8, 4) is 22.5 Å². The molecule has 5 nitrogen and oxygen atoms in total. The third kappa shape index (κ3) is 4.70. The molecule has 2 aromatic rings. The zero-order chi connectivity index (χ0) is 21.8. The first kappa shape index (κ1) is 20.9. The summed E-state index contributed by atoms with van der Waals surface area (Å²) in [5.74, 6) is 1.20. The number of ketones is 1. The van der Waals surface area contributed by atoms with Gasteiger partial charge < -0.3 is 10.2 Å². The van der Waals surface area contributed by atoms with E-state index in [1.165, 1.54) is 0 Å². The SMILES string of the molecule is CCC(=O)CCSC(=O)/N=c1/ccc2c(-c3ccccc3)c3ccc(N)cc3oc-2c1. The van der Waals surface area contributed by atoms with Crippen molar-refractivity contribution in [2.75, 3.05) is 11.5 Å². The van der Waals surface area contributed by atoms with Crippen molar-refractivity contribution in [2.45, 2.75) is 19.8 Å². The molecule has 2 aromatic carbocycles. The van der Waals surface area contributed by atoms with Gasteiger partial charge in [0, 0.05) is 52.9 Å². The van der Waals surface area contributed by atoms with E-state index < -0.39 is 0 Å². The smallest absolute Gasteiger partial charge is 0.305 e. The number of rotatable bonds is 5. The number of nitrogens with two attached hydrogens (primary N) is 1. The van der Waals surface area contributed by atoms with E-state index in [1.54, 1.807) is 12.1 Å². The van der Waals surface area contributed by atoms with Gasteiger partial charge in [-0.1, -0.05) is 49.0 Å². The molecular weight excluding hydrogens is 408 g/mol. The standard InChI is InChI=1S/C25H22N2O3S/c1-2-19(28)12-13-31-25(29)27-18-9-11-21-23(15-18)30-22-14-17(26)8-10-20(22)24(21)16-6-4-3-5-7-16/h3-11,14-15H,2,12-13,26H2,1H3/b27-18-. The van der Waals surface area contributed by atoms with E-state index in [0.29, 0.717) is 41.0 Å². The predicted molar refractivity (Wildman–Crippen MR) is 126 cm³/mol. The molecule has 0 spiro atoms. The fraction of sp³-hybridized carbons (Fsp3) is 0.160. The summed E-state index contributed by atoms with van der Waals surface area (Å²) in [4.78, 5) is 27.8. The molecule has 0 radical (unpaired) electrons. The molecule has 1 amide bonds. The molecule has 0 atom stereocenters. The van der Waals surface area contributed by atoms with Gasteiger partial charge in [-0.05, 0) is 29.8 Å². The lowest BCUT2D eigenvalue weighted by atomic mass is 9.94. The maximum Gasteiger partial charge on any atom is 0.305 e. The van der Waals surface area contributed by atoms with Gasteiger partial charge in [0.05, 0.1) is 5.36 Å². The van der Waals surface area contributed by atoms with Crippen LogP contribution in [0.15, 0.2) is 76.1 Å². The van der Waals surface area contributed by atoms with Crippen LogP contribution in [0, 0.1) is 0 Å². The summed E-state index contributed by atoms with van der Waals surface area (Å²) in [6, 6.07) is 21.2. The van der Waals surface area contributed by atoms with Gasteiger partial charge in [-0.2, -0.15) is 0 Å². The van der Waals surface area contributed by atoms with Crippen molar-refractivity contribution in [2.24, 2.45) is 4.99 Å². The fourth-order valence-corrected chi connectivity index (χ4v) is 4.12. The van der Waals surface area contributed by atoms with E-state index in [0.717, 1.165) is 33.8 Å². The number of nitrogens with zero attached hydrogens (tertiary/aromatic N) is 1. The minimum absolute atomic E-state index is 0.143. The number of nitrogen functional groups attached to an aromatic ring is 1. The lowest BCUT2D eigenvalue weighted by Gasteiger charge is -2.15. The molecule has 1 aliphatic carbocycles. The van der Waals surface area contributed by atoms with Gasteiger partial charge in [0.25, 0.3) is 0 Å². The maximum atomic E-state index is 12.2. The van der Waals surface area contributed by atoms with Crippen LogP contribution in [0.25, 0.3) is 33.4 Å². The van der Waals surface area contributed by atoms with Crippen molar-refractivity contribution in [1.82, 2.24) is 0 Å². The lowest BCUT2D eigenvalue weighted by molar-refractivity contribution is -0.118. The van der Waals surface area contributed by atoms with Gasteiger partial charge in [0.15, 0.2) is 0 Å². The number of anilines is 1. The van der Waals surface area contributed by atoms with Gasteiger partial charge in [-0.25, -0.2) is 4.99 Å². The number of fused-ring (bicyclic) bond motifs is 2. The summed E-state index contributed by atoms with van der Waals surface area (Å²) in [7, 11) is 0. The predicted octanol–water partition coefficient (Wildman–Crippen LogP) is 5.91. The monoisotopic (exact) mass is 430 g/mol. The minimum Gasteiger partial charge on any atom is -0.456 e. The summed E-state index contributed by atoms with van der Waals surface area (Å²) in [6.45, 7) is 1.82. The van der Waals surface area contributed by atoms with Gasteiger partial charge in [-0.3, -0.25) is 9.59 Å². The summed E-state index contributed by atoms with van der Waals surface area (Å²) < 4.78 is 6.14. The Balaban J connectivity index is 1.78. The van der Waals surface area contributed by atoms with Crippen LogP contribution in [0.1, 0.15) is 19.8 Å². The second-order valence-corrected chi connectivity index (χ2v) is 8.19. The van der Waals surface area contributed by atoms with Crippen molar-refractivity contribution in [3.05, 3.63) is 72.1 Å². The molecule has 2 aliphatic rings. The quantitative estimate of drug-likeness (QED) is 0.314. The molecule has 0 fully saturated rings. The molecule has 4 rings (SSSR count). The van der Waals surface area contributed by atoms with Crippen LogP contribution in [0.2, 0.25) is 0 Å². The third-order valence-electron chi connectivity index (χ3n) is 5.01. The highest BCUT2D eigenvalue weighted by atomic mass is 32.2. The maximum absolute atomic E-state index is 12.2. The highest BCUT2D eigenvalue weighted by molar-refractivity contribution is 8.13. The van der Waals surface area contributed by atoms with Crippen molar-refractivity contribution in [1.29, 1.82) is 0 Å². The van der Waals surface area contributed by atoms with Crippen molar-refractivity contribution in [3.63, 3.8) is 0 Å². The van der Waals surface area contributed by atoms with E-state index in [4.69, 9.17) is 10.2 Å². The highest BCUT2D eigenvalue weighted by Gasteiger charge is 2.17. The van der Waals surface area contributed by atoms with Gasteiger partial charge in [0.2, 0.25) is 0 Å². The Hall–Kier alpha value is -3.38. The summed E-state index contributed by atoms with van der Waals surface area (Å²) >= 11 is 1.05. The molecule has 0 saturated heterocycles. The number of hydrogen-bond acceptors (Lipinski definition) is 5. The average molecular weight is 431 g/mol. The first-order valence-corrected chi connectivity index (χ1v) is 11.1. The molecule has 0 bridgehead atoms. The van der Waals surface area contributed by atoms with E-state index in [-0.39, 0.29) is 11.0 Å². The molecular formula is C25H22N2O3S. The largest absolute Gasteiger partial charge is 0.456 e. The Morgan fingerprint density at radius 3 is 2.61 bits per heavy atom. The zero-order valence-corrected chi connectivity index (χ0v) is 17.9. The number of thioether (sulfide) groups is 1. The average Bonchev–Trinajstić information content (AvgIpc) is 2.77. The van der Waals surface area contributed by atoms with Crippen LogP contribution in [-0.4, -0.2) is 16.8 Å². The number of amides is 1. The summed E-state index contributed by atoms with van der Waals surface area (Å²) in [5.41, 5.74) is 10.3. The van der Waals surface area contributed by atoms with Crippen molar-refractivity contribution >= 4 is 39.4 Å². The Morgan fingerprint density at radius 1 is 1.03 bits per heavy atom. The van der Waals surface area contributed by atoms with Crippen LogP contribution in [0.5, 0.6) is 0 Å². The molecule has 156 valence electrons. The Bertz CT molecular complexity index is 1300. The van der Waals surface area contributed by atoms with Crippen LogP contribution in [0.4, 0.5) is 10.5 Å². The number of hydrogen-bond donors (Lipinski definition) is 1. The van der Waals surface area contributed by atoms with Crippen LogP contribution in [0.3, 0.4) is 0 Å². The number of carbonyl (C=O) groups excluding carboxylic acids is 2. The van der Waals surface area contributed by atoms with E-state index in [9.17, 15) is 9.59 Å². The Labute approximate surface area is 184 Å². The first-order valence-electron chi connectivity index (χ1n) is 10.1. The second-order valence-electron chi connectivity index (χ2n) is 7.15. The summed E-state index contributed by atoms with van der Waals surface area (Å²) in [6.07, 6.45) is 0.865. The molecule has 2 N–H and O–H groups in total. The highest BCUT2D eigenvalue weighted by Crippen LogP contribution is 2.40. The molecule has 0 saturated carbocycles. The van der Waals surface area contributed by atoms with E-state index in [1.807, 2.05) is 49.4 Å². The van der Waals surface area contributed by atoms with Gasteiger partial charge in [-0.15, -0.1) is 0 Å². The van der Waals surface area contributed by atoms with E-state index >= 15 is 0 Å². The molecule has 0 unspecified atom stereocenters. The molecule has 6 heteroatoms. The zero-order valence-electron chi connectivity index (χ0n) is 17.1. The molecule has 0 aromatic heterocycles. The number of benzene rings is 3. The summed E-state index contributed by atoms with van der Waals surface area (Å²) in [5, 5.41) is 1.15. The van der Waals surface area contributed by atoms with Gasteiger partial charge in [0.1, 0.15) is 17.1 Å². The third-order valence-corrected chi connectivity index (χ3v) is 5.76. The molecule has 31 heavy (non-hydrogen) atoms. The lowest BCUT2D eigenvalue weighted by Crippen LogP contribution is -2.06. The fourth-order valence-electron chi connectivity index (χ4n) is 3.45. The van der Waals surface area contributed by atoms with E-state index in [2.05, 4.69) is 17.1 Å². The van der Waals surface area contributed by atoms with Gasteiger partial charge >= 0.3 is 5.24 Å². The number of Topliss-reactive ketones (excluding diaryl/α,β-unsaturated/α-hetero) is 1. The number of carbonyl (C=O) groups is 2. The molecule has 1 heterocycles. The first-order chi connectivity index (χ1) is 15.0. The van der Waals surface area contributed by atoms with Crippen molar-refractivity contribution < 1.29 is 14.0 Å². The van der Waals surface area contributed by atoms with Crippen LogP contribution in [-0.2, 0) is 4.79 Å². The Kier molecular flexibility index (Phi) is 6.18. The van der Waals surface area contributed by atoms with Crippen LogP contribution < -0.4 is 11.1 Å².